The minimum atomic E-state index is -0.883. The average molecular weight is 547 g/mol. The Labute approximate surface area is 230 Å². The Hall–Kier alpha value is -2.85. The number of benzene rings is 1. The molecule has 0 radical (unpaired) electrons. The number of hydrogen-bond donors (Lipinski definition) is 2. The lowest BCUT2D eigenvalue weighted by Crippen LogP contribution is -2.65. The molecular weight excluding hydrogens is 504 g/mol. The summed E-state index contributed by atoms with van der Waals surface area (Å²) < 4.78 is 23.7. The molecule has 39 heavy (non-hydrogen) atoms. The van der Waals surface area contributed by atoms with Gasteiger partial charge in [-0.3, -0.25) is 9.59 Å². The molecule has 2 aliphatic heterocycles. The number of ether oxygens (including phenoxy) is 4. The maximum absolute atomic E-state index is 13.0. The van der Waals surface area contributed by atoms with E-state index in [2.05, 4.69) is 11.4 Å². The number of aliphatic carboxylic acids is 1. The van der Waals surface area contributed by atoms with Gasteiger partial charge in [0, 0.05) is 6.54 Å². The van der Waals surface area contributed by atoms with Crippen LogP contribution < -0.4 is 10.1 Å². The number of nitrogens with zero attached hydrogens (tertiary/aromatic N) is 1. The Morgan fingerprint density at radius 3 is 2.59 bits per heavy atom. The molecule has 3 aliphatic rings. The average Bonchev–Trinajstić information content (AvgIpc) is 3.18. The number of carboxylic acid groups (broad SMARTS) is 1. The molecule has 216 valence electrons. The Balaban J connectivity index is 1.38. The number of carbonyl (C=O) groups excluding carboxylic acids is 2. The number of morpholine rings is 1. The van der Waals surface area contributed by atoms with Crippen LogP contribution in [-0.2, 0) is 23.8 Å². The first-order chi connectivity index (χ1) is 18.5. The minimum absolute atomic E-state index is 0.0199. The number of amides is 2. The molecular formula is C29H42N2O8. The molecule has 1 aromatic carbocycles. The van der Waals surface area contributed by atoms with Gasteiger partial charge in [0.1, 0.15) is 24.1 Å². The van der Waals surface area contributed by atoms with E-state index in [0.29, 0.717) is 25.5 Å². The predicted molar refractivity (Wildman–Crippen MR) is 143 cm³/mol. The zero-order chi connectivity index (χ0) is 28.2. The second-order valence-corrected chi connectivity index (χ2v) is 12.0. The van der Waals surface area contributed by atoms with Gasteiger partial charge in [-0.2, -0.15) is 0 Å². The van der Waals surface area contributed by atoms with Crippen molar-refractivity contribution in [1.29, 1.82) is 0 Å². The van der Waals surface area contributed by atoms with Crippen molar-refractivity contribution in [3.05, 3.63) is 29.8 Å². The van der Waals surface area contributed by atoms with Crippen LogP contribution in [0.3, 0.4) is 0 Å². The quantitative estimate of drug-likeness (QED) is 0.504. The van der Waals surface area contributed by atoms with Crippen LogP contribution in [-0.4, -0.2) is 83.7 Å². The zero-order valence-corrected chi connectivity index (χ0v) is 23.4. The number of rotatable bonds is 8. The van der Waals surface area contributed by atoms with Gasteiger partial charge in [0.2, 0.25) is 5.91 Å². The molecule has 1 spiro atoms. The molecule has 10 heteroatoms. The van der Waals surface area contributed by atoms with Crippen molar-refractivity contribution < 1.29 is 38.4 Å². The topological polar surface area (TPSA) is 124 Å². The Morgan fingerprint density at radius 2 is 1.92 bits per heavy atom. The van der Waals surface area contributed by atoms with E-state index in [1.165, 1.54) is 0 Å². The van der Waals surface area contributed by atoms with Gasteiger partial charge < -0.3 is 34.3 Å². The molecule has 1 unspecified atom stereocenters. The SMILES string of the molecule is CC(CC(=O)O)Oc1ccccc1C1CCC(OC[C@@H]2N(C(=O)OC(C)(C)C)CC[C@@]23COCC(=O)N3)CC1. The number of para-hydroxylation sites is 1. The normalized spacial score (nSPS) is 28.2. The Morgan fingerprint density at radius 1 is 1.21 bits per heavy atom. The van der Waals surface area contributed by atoms with E-state index in [4.69, 9.17) is 24.1 Å². The van der Waals surface area contributed by atoms with Crippen molar-refractivity contribution in [3.8, 4) is 5.75 Å². The van der Waals surface area contributed by atoms with E-state index in [1.54, 1.807) is 11.8 Å². The van der Waals surface area contributed by atoms with Gasteiger partial charge in [-0.15, -0.1) is 0 Å². The second-order valence-electron chi connectivity index (χ2n) is 12.0. The number of carbonyl (C=O) groups is 3. The molecule has 1 saturated carbocycles. The Kier molecular flexibility index (Phi) is 9.06. The van der Waals surface area contributed by atoms with Gasteiger partial charge in [0.25, 0.3) is 0 Å². The van der Waals surface area contributed by atoms with E-state index in [-0.39, 0.29) is 37.7 Å². The highest BCUT2D eigenvalue weighted by Gasteiger charge is 2.53. The van der Waals surface area contributed by atoms with E-state index in [0.717, 1.165) is 37.0 Å². The summed E-state index contributed by atoms with van der Waals surface area (Å²) in [6.45, 7) is 8.36. The van der Waals surface area contributed by atoms with Gasteiger partial charge in [-0.25, -0.2) is 4.79 Å². The van der Waals surface area contributed by atoms with E-state index in [9.17, 15) is 14.4 Å². The minimum Gasteiger partial charge on any atom is -0.490 e. The molecule has 2 amide bonds. The number of nitrogens with one attached hydrogen (secondary N) is 1. The predicted octanol–water partition coefficient (Wildman–Crippen LogP) is 3.87. The highest BCUT2D eigenvalue weighted by Crippen LogP contribution is 2.39. The highest BCUT2D eigenvalue weighted by atomic mass is 16.6. The van der Waals surface area contributed by atoms with Gasteiger partial charge >= 0.3 is 12.1 Å². The van der Waals surface area contributed by atoms with Crippen LogP contribution in [0.5, 0.6) is 5.75 Å². The molecule has 2 saturated heterocycles. The maximum atomic E-state index is 13.0. The van der Waals surface area contributed by atoms with Gasteiger partial charge in [-0.1, -0.05) is 18.2 Å². The summed E-state index contributed by atoms with van der Waals surface area (Å²) in [7, 11) is 0. The lowest BCUT2D eigenvalue weighted by atomic mass is 9.82. The van der Waals surface area contributed by atoms with Crippen LogP contribution in [0.1, 0.15) is 77.7 Å². The first-order valence-electron chi connectivity index (χ1n) is 13.9. The van der Waals surface area contributed by atoms with Crippen LogP contribution in [0.25, 0.3) is 0 Å². The third-order valence-electron chi connectivity index (χ3n) is 7.74. The monoisotopic (exact) mass is 546 g/mol. The molecule has 2 heterocycles. The molecule has 4 rings (SSSR count). The Bertz CT molecular complexity index is 1030. The van der Waals surface area contributed by atoms with Crippen LogP contribution in [0.4, 0.5) is 4.79 Å². The molecule has 2 N–H and O–H groups in total. The van der Waals surface area contributed by atoms with Crippen LogP contribution in [0, 0.1) is 0 Å². The van der Waals surface area contributed by atoms with E-state index in [1.807, 2.05) is 39.0 Å². The summed E-state index contributed by atoms with van der Waals surface area (Å²) in [5.41, 5.74) is -0.220. The molecule has 10 nitrogen and oxygen atoms in total. The summed E-state index contributed by atoms with van der Waals surface area (Å²) in [6, 6.07) is 7.46. The van der Waals surface area contributed by atoms with Gasteiger partial charge in [0.05, 0.1) is 37.3 Å². The summed E-state index contributed by atoms with van der Waals surface area (Å²) in [4.78, 5) is 38.0. The van der Waals surface area contributed by atoms with Gasteiger partial charge in [-0.05, 0) is 77.3 Å². The van der Waals surface area contributed by atoms with E-state index >= 15 is 0 Å². The fourth-order valence-electron chi connectivity index (χ4n) is 5.92. The second kappa shape index (κ2) is 12.1. The zero-order valence-electron chi connectivity index (χ0n) is 23.4. The standard InChI is InChI=1S/C29H42N2O8/c1-19(15-26(33)34)38-23-8-6-5-7-22(23)20-9-11-21(12-10-20)37-16-24-29(18-36-17-25(32)30-29)13-14-31(24)27(35)39-28(2,3)4/h5-8,19-21,24H,9-18H2,1-4H3,(H,30,32)(H,33,34)/t19?,20?,21?,24-,29+/m0/s1. The summed E-state index contributed by atoms with van der Waals surface area (Å²) in [6.07, 6.45) is 3.23. The maximum Gasteiger partial charge on any atom is 0.410 e. The van der Waals surface area contributed by atoms with Crippen molar-refractivity contribution in [3.63, 3.8) is 0 Å². The molecule has 0 bridgehead atoms. The van der Waals surface area contributed by atoms with Crippen molar-refractivity contribution >= 4 is 18.0 Å². The highest BCUT2D eigenvalue weighted by molar-refractivity contribution is 5.79. The first-order valence-corrected chi connectivity index (χ1v) is 13.9. The third-order valence-corrected chi connectivity index (χ3v) is 7.74. The summed E-state index contributed by atoms with van der Waals surface area (Å²) in [5, 5.41) is 12.2. The molecule has 0 aromatic heterocycles. The number of hydrogen-bond acceptors (Lipinski definition) is 7. The van der Waals surface area contributed by atoms with Gasteiger partial charge in [0.15, 0.2) is 0 Å². The summed E-state index contributed by atoms with van der Waals surface area (Å²) in [5.74, 6) is -0.0348. The van der Waals surface area contributed by atoms with Crippen LogP contribution in [0.15, 0.2) is 24.3 Å². The van der Waals surface area contributed by atoms with Crippen molar-refractivity contribution in [2.45, 2.75) is 102 Å². The fourth-order valence-corrected chi connectivity index (χ4v) is 5.92. The number of carboxylic acids is 1. The first kappa shape index (κ1) is 29.1. The summed E-state index contributed by atoms with van der Waals surface area (Å²) >= 11 is 0. The smallest absolute Gasteiger partial charge is 0.410 e. The van der Waals surface area contributed by atoms with Crippen LogP contribution >= 0.6 is 0 Å². The van der Waals surface area contributed by atoms with Crippen molar-refractivity contribution in [2.75, 3.05) is 26.4 Å². The largest absolute Gasteiger partial charge is 0.490 e. The lowest BCUT2D eigenvalue weighted by Gasteiger charge is -2.41. The van der Waals surface area contributed by atoms with Crippen molar-refractivity contribution in [2.24, 2.45) is 0 Å². The van der Waals surface area contributed by atoms with E-state index < -0.39 is 29.3 Å². The van der Waals surface area contributed by atoms with Crippen molar-refractivity contribution in [1.82, 2.24) is 10.2 Å². The molecule has 1 aromatic rings. The molecule has 1 aliphatic carbocycles. The number of likely N-dealkylation sites (tertiary alicyclic amines) is 1. The molecule has 3 fully saturated rings. The molecule has 3 atom stereocenters. The fraction of sp³-hybridized carbons (Fsp3) is 0.690. The third kappa shape index (κ3) is 7.42. The van der Waals surface area contributed by atoms with Crippen LogP contribution in [0.2, 0.25) is 0 Å². The lowest BCUT2D eigenvalue weighted by molar-refractivity contribution is -0.139.